The average Bonchev–Trinajstić information content (AvgIpc) is 2.71. The summed E-state index contributed by atoms with van der Waals surface area (Å²) >= 11 is 0. The highest BCUT2D eigenvalue weighted by Crippen LogP contribution is 2.18. The van der Waals surface area contributed by atoms with Crippen molar-refractivity contribution in [1.82, 2.24) is 15.2 Å². The molecule has 0 aliphatic carbocycles. The minimum Gasteiger partial charge on any atom is -0.390 e. The number of hydrogen-bond acceptors (Lipinski definition) is 6. The third-order valence-electron chi connectivity index (χ3n) is 4.74. The Morgan fingerprint density at radius 1 is 1.22 bits per heavy atom. The fourth-order valence-electron chi connectivity index (χ4n) is 3.30. The molecule has 27 heavy (non-hydrogen) atoms. The zero-order valence-corrected chi connectivity index (χ0v) is 15.5. The van der Waals surface area contributed by atoms with E-state index < -0.39 is 12.2 Å². The van der Waals surface area contributed by atoms with Gasteiger partial charge in [-0.25, -0.2) is 0 Å². The number of benzene rings is 1. The van der Waals surface area contributed by atoms with Gasteiger partial charge in [-0.1, -0.05) is 30.3 Å². The van der Waals surface area contributed by atoms with Crippen LogP contribution < -0.4 is 5.32 Å². The second kappa shape index (κ2) is 10.3. The van der Waals surface area contributed by atoms with Gasteiger partial charge in [0.25, 0.3) is 0 Å². The Balaban J connectivity index is 1.35. The second-order valence-corrected chi connectivity index (χ2v) is 6.91. The standard InChI is InChI=1S/C21H27N3O3/c25-15-21(27-16-17-4-3-8-22-10-17)12-23-11-20(26)14-24-9-7-18-5-1-2-6-19(18)13-24/h1-6,8,10,15,20-21,23,26H,7,9,11-14,16H2. The first kappa shape index (κ1) is 19.6. The van der Waals surface area contributed by atoms with E-state index in [0.717, 1.165) is 31.4 Å². The van der Waals surface area contributed by atoms with Crippen molar-refractivity contribution in [2.24, 2.45) is 0 Å². The van der Waals surface area contributed by atoms with Crippen molar-refractivity contribution in [1.29, 1.82) is 0 Å². The molecule has 0 radical (unpaired) electrons. The lowest BCUT2D eigenvalue weighted by atomic mass is 10.00. The maximum Gasteiger partial charge on any atom is 0.150 e. The zero-order valence-electron chi connectivity index (χ0n) is 15.5. The number of aliphatic hydroxyl groups excluding tert-OH is 1. The lowest BCUT2D eigenvalue weighted by Gasteiger charge is -2.30. The number of carbonyl (C=O) groups is 1. The number of hydrogen-bond donors (Lipinski definition) is 2. The molecule has 1 aliphatic rings. The fraction of sp³-hybridized carbons (Fsp3) is 0.429. The number of aldehydes is 1. The summed E-state index contributed by atoms with van der Waals surface area (Å²) in [6, 6.07) is 12.2. The molecule has 2 unspecified atom stereocenters. The van der Waals surface area contributed by atoms with Crippen molar-refractivity contribution in [3.05, 3.63) is 65.5 Å². The number of β-amino-alcohol motifs (C(OH)–C–C–N with tert-alkyl or cyclic N) is 1. The molecule has 1 aromatic carbocycles. The van der Waals surface area contributed by atoms with E-state index >= 15 is 0 Å². The van der Waals surface area contributed by atoms with E-state index in [1.54, 1.807) is 12.4 Å². The molecular weight excluding hydrogens is 342 g/mol. The van der Waals surface area contributed by atoms with Crippen molar-refractivity contribution in [2.45, 2.75) is 31.8 Å². The molecule has 2 N–H and O–H groups in total. The van der Waals surface area contributed by atoms with Crippen molar-refractivity contribution in [3.8, 4) is 0 Å². The summed E-state index contributed by atoms with van der Waals surface area (Å²) in [7, 11) is 0. The van der Waals surface area contributed by atoms with Crippen LogP contribution in [-0.4, -0.2) is 59.7 Å². The Morgan fingerprint density at radius 3 is 2.85 bits per heavy atom. The molecule has 0 saturated carbocycles. The van der Waals surface area contributed by atoms with Gasteiger partial charge in [-0.05, 0) is 29.2 Å². The highest BCUT2D eigenvalue weighted by molar-refractivity contribution is 5.56. The van der Waals surface area contributed by atoms with Gasteiger partial charge in [-0.3, -0.25) is 9.88 Å². The maximum atomic E-state index is 11.2. The topological polar surface area (TPSA) is 74.7 Å². The van der Waals surface area contributed by atoms with Crippen LogP contribution in [0.2, 0.25) is 0 Å². The minimum atomic E-state index is -0.542. The van der Waals surface area contributed by atoms with Gasteiger partial charge >= 0.3 is 0 Å². The third kappa shape index (κ3) is 6.22. The van der Waals surface area contributed by atoms with Crippen LogP contribution in [0.5, 0.6) is 0 Å². The predicted octanol–water partition coefficient (Wildman–Crippen LogP) is 1.17. The van der Waals surface area contributed by atoms with E-state index in [4.69, 9.17) is 4.74 Å². The van der Waals surface area contributed by atoms with Gasteiger partial charge in [0.05, 0.1) is 12.7 Å². The van der Waals surface area contributed by atoms with Crippen molar-refractivity contribution in [3.63, 3.8) is 0 Å². The Kier molecular flexibility index (Phi) is 7.47. The van der Waals surface area contributed by atoms with Crippen LogP contribution in [0.15, 0.2) is 48.8 Å². The van der Waals surface area contributed by atoms with Crippen LogP contribution in [0.25, 0.3) is 0 Å². The lowest BCUT2D eigenvalue weighted by Crippen LogP contribution is -2.42. The SMILES string of the molecule is O=CC(CNCC(O)CN1CCc2ccccc2C1)OCc1cccnc1. The molecule has 1 aliphatic heterocycles. The number of fused-ring (bicyclic) bond motifs is 1. The normalized spacial score (nSPS) is 16.5. The van der Waals surface area contributed by atoms with Gasteiger partial charge in [0, 0.05) is 45.1 Å². The van der Waals surface area contributed by atoms with E-state index in [2.05, 4.69) is 39.5 Å². The Labute approximate surface area is 160 Å². The molecule has 2 heterocycles. The van der Waals surface area contributed by atoms with Crippen molar-refractivity contribution < 1.29 is 14.6 Å². The number of pyridine rings is 1. The molecular formula is C21H27N3O3. The van der Waals surface area contributed by atoms with Crippen LogP contribution in [0.4, 0.5) is 0 Å². The minimum absolute atomic E-state index is 0.342. The summed E-state index contributed by atoms with van der Waals surface area (Å²) in [6.07, 6.45) is 4.20. The first-order chi connectivity index (χ1) is 13.2. The highest BCUT2D eigenvalue weighted by atomic mass is 16.5. The smallest absolute Gasteiger partial charge is 0.150 e. The molecule has 0 saturated heterocycles. The summed E-state index contributed by atoms with van der Waals surface area (Å²) < 4.78 is 5.59. The summed E-state index contributed by atoms with van der Waals surface area (Å²) in [5.41, 5.74) is 3.67. The third-order valence-corrected chi connectivity index (χ3v) is 4.74. The van der Waals surface area contributed by atoms with Gasteiger partial charge in [0.2, 0.25) is 0 Å². The molecule has 1 aromatic heterocycles. The second-order valence-electron chi connectivity index (χ2n) is 6.91. The number of carbonyl (C=O) groups excluding carboxylic acids is 1. The van der Waals surface area contributed by atoms with Gasteiger partial charge in [0.15, 0.2) is 0 Å². The summed E-state index contributed by atoms with van der Waals surface area (Å²) in [4.78, 5) is 17.5. The fourth-order valence-corrected chi connectivity index (χ4v) is 3.30. The van der Waals surface area contributed by atoms with Crippen LogP contribution in [0.3, 0.4) is 0 Å². The number of nitrogens with zero attached hydrogens (tertiary/aromatic N) is 2. The highest BCUT2D eigenvalue weighted by Gasteiger charge is 2.18. The number of nitrogens with one attached hydrogen (secondary N) is 1. The average molecular weight is 369 g/mol. The quantitative estimate of drug-likeness (QED) is 0.613. The van der Waals surface area contributed by atoms with Gasteiger partial charge in [0.1, 0.15) is 12.4 Å². The molecule has 0 amide bonds. The molecule has 2 atom stereocenters. The maximum absolute atomic E-state index is 11.2. The van der Waals surface area contributed by atoms with E-state index in [1.807, 2.05) is 12.1 Å². The summed E-state index contributed by atoms with van der Waals surface area (Å²) in [5, 5.41) is 13.4. The van der Waals surface area contributed by atoms with E-state index in [1.165, 1.54) is 11.1 Å². The lowest BCUT2D eigenvalue weighted by molar-refractivity contribution is -0.118. The molecule has 6 nitrogen and oxygen atoms in total. The first-order valence-electron chi connectivity index (χ1n) is 9.38. The zero-order chi connectivity index (χ0) is 18.9. The van der Waals surface area contributed by atoms with E-state index in [0.29, 0.717) is 26.2 Å². The Morgan fingerprint density at radius 2 is 2.07 bits per heavy atom. The Bertz CT molecular complexity index is 711. The molecule has 0 fully saturated rings. The number of aliphatic hydroxyl groups is 1. The number of aromatic nitrogens is 1. The van der Waals surface area contributed by atoms with Crippen molar-refractivity contribution in [2.75, 3.05) is 26.2 Å². The van der Waals surface area contributed by atoms with Gasteiger partial charge in [-0.2, -0.15) is 0 Å². The molecule has 2 aromatic rings. The van der Waals surface area contributed by atoms with Gasteiger partial charge < -0.3 is 20.0 Å². The summed E-state index contributed by atoms with van der Waals surface area (Å²) in [6.45, 7) is 3.60. The van der Waals surface area contributed by atoms with Crippen LogP contribution >= 0.6 is 0 Å². The van der Waals surface area contributed by atoms with Crippen LogP contribution in [0.1, 0.15) is 16.7 Å². The molecule has 6 heteroatoms. The molecule has 3 rings (SSSR count). The largest absolute Gasteiger partial charge is 0.390 e. The van der Waals surface area contributed by atoms with E-state index in [9.17, 15) is 9.90 Å². The summed E-state index contributed by atoms with van der Waals surface area (Å²) in [5.74, 6) is 0. The van der Waals surface area contributed by atoms with E-state index in [-0.39, 0.29) is 0 Å². The van der Waals surface area contributed by atoms with Gasteiger partial charge in [-0.15, -0.1) is 0 Å². The Hall–Kier alpha value is -2.12. The van der Waals surface area contributed by atoms with Crippen LogP contribution in [0, 0.1) is 0 Å². The number of rotatable bonds is 10. The molecule has 0 spiro atoms. The molecule has 0 bridgehead atoms. The first-order valence-corrected chi connectivity index (χ1v) is 9.38. The van der Waals surface area contributed by atoms with Crippen molar-refractivity contribution >= 4 is 6.29 Å². The number of ether oxygens (including phenoxy) is 1. The monoisotopic (exact) mass is 369 g/mol. The predicted molar refractivity (Wildman–Crippen MR) is 103 cm³/mol. The van der Waals surface area contributed by atoms with Crippen LogP contribution in [-0.2, 0) is 29.1 Å². The molecule has 144 valence electrons.